The zero-order chi connectivity index (χ0) is 7.40. The molecule has 0 N–H and O–H groups in total. The average Bonchev–Trinajstić information content (AvgIpc) is 2.05. The van der Waals surface area contributed by atoms with Crippen LogP contribution in [0, 0.1) is 0 Å². The highest BCUT2D eigenvalue weighted by molar-refractivity contribution is 7.99. The van der Waals surface area contributed by atoms with E-state index in [-0.39, 0.29) is 0 Å². The highest BCUT2D eigenvalue weighted by Gasteiger charge is 1.86. The molecule has 0 saturated carbocycles. The Morgan fingerprint density at radius 3 is 1.30 bits per heavy atom. The van der Waals surface area contributed by atoms with E-state index in [4.69, 9.17) is 0 Å². The molecule has 0 fully saturated rings. The number of hydrogen-bond acceptors (Lipinski definition) is 0. The summed E-state index contributed by atoms with van der Waals surface area (Å²) in [6.45, 7) is 0. The largest absolute Gasteiger partial charge is 0.242 e. The first kappa shape index (κ1) is 8.02. The summed E-state index contributed by atoms with van der Waals surface area (Å²) in [4.78, 5) is 2.92. The molecule has 1 rings (SSSR count). The first-order valence-corrected chi connectivity index (χ1v) is 6.32. The van der Waals surface area contributed by atoms with Crippen molar-refractivity contribution in [3.8, 4) is 0 Å². The van der Waals surface area contributed by atoms with E-state index in [9.17, 15) is 0 Å². The quantitative estimate of drug-likeness (QED) is 0.644. The summed E-state index contributed by atoms with van der Waals surface area (Å²) in [5, 5.41) is 0. The molecule has 0 heterocycles. The summed E-state index contributed by atoms with van der Waals surface area (Å²) in [7, 11) is 0. The second kappa shape index (κ2) is 3.94. The fraction of sp³-hybridized carbons (Fsp3) is 0.250. The smallest absolute Gasteiger partial charge is 0.0153 e. The van der Waals surface area contributed by atoms with E-state index in [1.165, 1.54) is 9.79 Å². The number of hydrogen-bond donors (Lipinski definition) is 0. The van der Waals surface area contributed by atoms with Gasteiger partial charge >= 0.3 is 0 Å². The van der Waals surface area contributed by atoms with Crippen molar-refractivity contribution in [1.82, 2.24) is 0 Å². The standard InChI is InChI=1S/C8H14S2/c1-9-7-3-5-8(10-2)6-4-7/h3-6H,9-10H2,1-2H3. The van der Waals surface area contributed by atoms with Gasteiger partial charge in [0.05, 0.1) is 0 Å². The van der Waals surface area contributed by atoms with Crippen LogP contribution in [-0.4, -0.2) is 12.5 Å². The third kappa shape index (κ3) is 1.96. The SMILES string of the molecule is C[SH2]c1ccc([SH2]C)cc1. The highest BCUT2D eigenvalue weighted by Crippen LogP contribution is 2.19. The molecule has 0 nitrogen and oxygen atoms in total. The average molecular weight is 174 g/mol. The Hall–Kier alpha value is -0.0800. The van der Waals surface area contributed by atoms with Crippen molar-refractivity contribution in [1.29, 1.82) is 0 Å². The Morgan fingerprint density at radius 1 is 0.800 bits per heavy atom. The molecule has 58 valence electrons. The van der Waals surface area contributed by atoms with Gasteiger partial charge in [0.25, 0.3) is 0 Å². The second-order valence-electron chi connectivity index (χ2n) is 2.08. The minimum Gasteiger partial charge on any atom is -0.242 e. The molecule has 1 aromatic carbocycles. The summed E-state index contributed by atoms with van der Waals surface area (Å²) in [5.74, 6) is 0. The van der Waals surface area contributed by atoms with E-state index >= 15 is 0 Å². The summed E-state index contributed by atoms with van der Waals surface area (Å²) < 4.78 is 0. The van der Waals surface area contributed by atoms with Gasteiger partial charge in [-0.15, -0.1) is 0 Å². The number of rotatable bonds is 2. The van der Waals surface area contributed by atoms with Gasteiger partial charge in [-0.25, -0.2) is 23.5 Å². The van der Waals surface area contributed by atoms with E-state index in [0.717, 1.165) is 23.5 Å². The zero-order valence-electron chi connectivity index (χ0n) is 6.31. The maximum atomic E-state index is 2.23. The Bertz CT molecular complexity index is 168. The number of benzene rings is 1. The Balaban J connectivity index is 2.80. The molecule has 2 heteroatoms. The van der Waals surface area contributed by atoms with E-state index < -0.39 is 0 Å². The van der Waals surface area contributed by atoms with Crippen molar-refractivity contribution in [3.63, 3.8) is 0 Å². The summed E-state index contributed by atoms with van der Waals surface area (Å²) >= 11 is 1.86. The van der Waals surface area contributed by atoms with E-state index in [1.54, 1.807) is 0 Å². The van der Waals surface area contributed by atoms with Crippen LogP contribution >= 0.6 is 23.5 Å². The first-order valence-electron chi connectivity index (χ1n) is 3.32. The zero-order valence-corrected chi connectivity index (χ0v) is 8.31. The molecule has 0 amide bonds. The Labute approximate surface area is 70.4 Å². The summed E-state index contributed by atoms with van der Waals surface area (Å²) in [6, 6.07) is 8.91. The predicted molar refractivity (Wildman–Crippen MR) is 55.6 cm³/mol. The molecule has 0 aliphatic heterocycles. The third-order valence-corrected chi connectivity index (χ3v) is 3.28. The molecule has 1 aromatic rings. The first-order chi connectivity index (χ1) is 4.86. The lowest BCUT2D eigenvalue weighted by molar-refractivity contribution is 1.36. The third-order valence-electron chi connectivity index (χ3n) is 1.46. The summed E-state index contributed by atoms with van der Waals surface area (Å²) in [6.07, 6.45) is 4.42. The fourth-order valence-electron chi connectivity index (χ4n) is 0.804. The monoisotopic (exact) mass is 174 g/mol. The van der Waals surface area contributed by atoms with Crippen LogP contribution in [-0.2, 0) is 0 Å². The molecular weight excluding hydrogens is 160 g/mol. The van der Waals surface area contributed by atoms with Crippen LogP contribution in [0.5, 0.6) is 0 Å². The van der Waals surface area contributed by atoms with Gasteiger partial charge in [-0.1, -0.05) is 0 Å². The Kier molecular flexibility index (Phi) is 3.16. The molecule has 0 spiro atoms. The van der Waals surface area contributed by atoms with Gasteiger partial charge in [0, 0.05) is 0 Å². The topological polar surface area (TPSA) is 0 Å². The summed E-state index contributed by atoms with van der Waals surface area (Å²) in [5.41, 5.74) is 0. The normalized spacial score (nSPS) is 13.8. The van der Waals surface area contributed by atoms with Gasteiger partial charge in [0.1, 0.15) is 0 Å². The minimum absolute atomic E-state index is 0.931. The molecule has 0 aromatic heterocycles. The molecule has 0 atom stereocenters. The lowest BCUT2D eigenvalue weighted by Crippen LogP contribution is -1.69. The van der Waals surface area contributed by atoms with Crippen LogP contribution in [0.4, 0.5) is 0 Å². The molecule has 0 aliphatic carbocycles. The van der Waals surface area contributed by atoms with Crippen LogP contribution in [0.25, 0.3) is 0 Å². The van der Waals surface area contributed by atoms with Gasteiger partial charge in [-0.3, -0.25) is 0 Å². The van der Waals surface area contributed by atoms with Gasteiger partial charge in [0.2, 0.25) is 0 Å². The maximum Gasteiger partial charge on any atom is -0.0153 e. The van der Waals surface area contributed by atoms with Crippen LogP contribution < -0.4 is 0 Å². The minimum atomic E-state index is 0.931. The van der Waals surface area contributed by atoms with Crippen molar-refractivity contribution in [2.45, 2.75) is 9.79 Å². The lowest BCUT2D eigenvalue weighted by Gasteiger charge is -2.00. The van der Waals surface area contributed by atoms with Crippen molar-refractivity contribution in [2.24, 2.45) is 0 Å². The van der Waals surface area contributed by atoms with Crippen LogP contribution in [0.1, 0.15) is 0 Å². The molecule has 0 saturated heterocycles. The molecule has 0 radical (unpaired) electrons. The van der Waals surface area contributed by atoms with Crippen molar-refractivity contribution in [3.05, 3.63) is 24.3 Å². The van der Waals surface area contributed by atoms with Crippen molar-refractivity contribution in [2.75, 3.05) is 12.5 Å². The van der Waals surface area contributed by atoms with Gasteiger partial charge in [-0.2, -0.15) is 0 Å². The van der Waals surface area contributed by atoms with E-state index in [0.29, 0.717) is 0 Å². The highest BCUT2D eigenvalue weighted by atomic mass is 32.2. The van der Waals surface area contributed by atoms with Crippen LogP contribution in [0.15, 0.2) is 34.1 Å². The fourth-order valence-corrected chi connectivity index (χ4v) is 1.80. The second-order valence-corrected chi connectivity index (χ2v) is 4.23. The predicted octanol–water partition coefficient (Wildman–Crippen LogP) is 2.06. The molecule has 0 bridgehead atoms. The van der Waals surface area contributed by atoms with Crippen LogP contribution in [0.3, 0.4) is 0 Å². The molecular formula is C8H14S2. The van der Waals surface area contributed by atoms with Crippen molar-refractivity contribution >= 4 is 23.5 Å². The lowest BCUT2D eigenvalue weighted by atomic mass is 10.4. The van der Waals surface area contributed by atoms with E-state index in [1.807, 2.05) is 0 Å². The van der Waals surface area contributed by atoms with Crippen LogP contribution in [0.2, 0.25) is 0 Å². The van der Waals surface area contributed by atoms with Gasteiger partial charge in [-0.05, 0) is 46.6 Å². The van der Waals surface area contributed by atoms with Crippen molar-refractivity contribution < 1.29 is 0 Å². The Morgan fingerprint density at radius 2 is 1.10 bits per heavy atom. The molecule has 0 aliphatic rings. The molecule has 0 unspecified atom stereocenters. The molecule has 10 heavy (non-hydrogen) atoms. The van der Waals surface area contributed by atoms with Gasteiger partial charge < -0.3 is 0 Å². The maximum absolute atomic E-state index is 2.23. The van der Waals surface area contributed by atoms with Gasteiger partial charge in [0.15, 0.2) is 0 Å². The van der Waals surface area contributed by atoms with E-state index in [2.05, 4.69) is 36.8 Å².